The molecule has 1 aromatic carbocycles. The average Bonchev–Trinajstić information content (AvgIpc) is 2.45. The largest absolute Gasteiger partial charge is 0.419 e. The van der Waals surface area contributed by atoms with Crippen LogP contribution in [0, 0.1) is 5.82 Å². The highest BCUT2D eigenvalue weighted by Crippen LogP contribution is 2.33. The van der Waals surface area contributed by atoms with E-state index in [9.17, 15) is 17.6 Å². The summed E-state index contributed by atoms with van der Waals surface area (Å²) in [6, 6.07) is 2.99. The van der Waals surface area contributed by atoms with E-state index >= 15 is 0 Å². The molecule has 0 amide bonds. The minimum atomic E-state index is -4.69. The Labute approximate surface area is 121 Å². The molecule has 1 fully saturated rings. The molecule has 1 aromatic rings. The number of benzene rings is 1. The van der Waals surface area contributed by atoms with Gasteiger partial charge in [0.2, 0.25) is 0 Å². The third-order valence-corrected chi connectivity index (χ3v) is 3.98. The third-order valence-electron chi connectivity index (χ3n) is 3.98. The number of alkyl halides is 3. The molecule has 1 unspecified atom stereocenters. The highest BCUT2D eigenvalue weighted by Gasteiger charge is 2.34. The van der Waals surface area contributed by atoms with Crippen molar-refractivity contribution in [2.45, 2.75) is 50.4 Å². The van der Waals surface area contributed by atoms with Gasteiger partial charge in [-0.2, -0.15) is 13.2 Å². The maximum Gasteiger partial charge on any atom is 0.419 e. The Morgan fingerprint density at radius 3 is 2.43 bits per heavy atom. The Balaban J connectivity index is 2.17. The van der Waals surface area contributed by atoms with Crippen molar-refractivity contribution >= 4 is 0 Å². The molecule has 6 heteroatoms. The quantitative estimate of drug-likeness (QED) is 0.831. The van der Waals surface area contributed by atoms with Crippen LogP contribution in [0.4, 0.5) is 17.6 Å². The van der Waals surface area contributed by atoms with E-state index in [2.05, 4.69) is 5.32 Å². The molecule has 1 aliphatic rings. The maximum atomic E-state index is 13.3. The van der Waals surface area contributed by atoms with Crippen molar-refractivity contribution in [3.05, 3.63) is 35.1 Å². The van der Waals surface area contributed by atoms with E-state index < -0.39 is 17.6 Å². The van der Waals surface area contributed by atoms with Gasteiger partial charge < -0.3 is 11.1 Å². The Morgan fingerprint density at radius 2 is 1.86 bits per heavy atom. The van der Waals surface area contributed by atoms with E-state index in [-0.39, 0.29) is 18.6 Å². The van der Waals surface area contributed by atoms with E-state index in [1.54, 1.807) is 0 Å². The minimum absolute atomic E-state index is 0.180. The first-order valence-electron chi connectivity index (χ1n) is 7.24. The molecule has 2 nitrogen and oxygen atoms in total. The Morgan fingerprint density at radius 1 is 1.19 bits per heavy atom. The normalized spacial score (nSPS) is 18.7. The summed E-state index contributed by atoms with van der Waals surface area (Å²) >= 11 is 0. The van der Waals surface area contributed by atoms with E-state index in [4.69, 9.17) is 5.73 Å². The van der Waals surface area contributed by atoms with Crippen LogP contribution in [-0.4, -0.2) is 12.6 Å². The fraction of sp³-hybridized carbons (Fsp3) is 0.600. The lowest BCUT2D eigenvalue weighted by molar-refractivity contribution is -0.140. The van der Waals surface area contributed by atoms with Crippen molar-refractivity contribution in [1.82, 2.24) is 5.32 Å². The third kappa shape index (κ3) is 4.17. The maximum absolute atomic E-state index is 13.3. The summed E-state index contributed by atoms with van der Waals surface area (Å²) in [7, 11) is 0. The number of hydrogen-bond acceptors (Lipinski definition) is 2. The predicted molar refractivity (Wildman–Crippen MR) is 73.2 cm³/mol. The molecule has 1 saturated carbocycles. The molecule has 0 spiro atoms. The summed E-state index contributed by atoms with van der Waals surface area (Å²) in [4.78, 5) is 0. The topological polar surface area (TPSA) is 38.0 Å². The monoisotopic (exact) mass is 304 g/mol. The van der Waals surface area contributed by atoms with Gasteiger partial charge in [0.1, 0.15) is 5.82 Å². The fourth-order valence-electron chi connectivity index (χ4n) is 2.83. The van der Waals surface area contributed by atoms with E-state index in [1.807, 2.05) is 0 Å². The number of halogens is 4. The first-order chi connectivity index (χ1) is 9.91. The van der Waals surface area contributed by atoms with Crippen molar-refractivity contribution in [2.75, 3.05) is 6.54 Å². The summed E-state index contributed by atoms with van der Waals surface area (Å²) < 4.78 is 51.6. The summed E-state index contributed by atoms with van der Waals surface area (Å²) in [5.41, 5.74) is 4.84. The zero-order chi connectivity index (χ0) is 15.5. The lowest BCUT2D eigenvalue weighted by Gasteiger charge is -2.28. The molecule has 2 rings (SSSR count). The molecule has 3 N–H and O–H groups in total. The number of hydrogen-bond donors (Lipinski definition) is 2. The molecule has 21 heavy (non-hydrogen) atoms. The molecule has 0 bridgehead atoms. The summed E-state index contributed by atoms with van der Waals surface area (Å²) in [5.74, 6) is -1.25. The van der Waals surface area contributed by atoms with Crippen LogP contribution in [-0.2, 0) is 6.18 Å². The first-order valence-corrected chi connectivity index (χ1v) is 7.24. The zero-order valence-electron chi connectivity index (χ0n) is 11.7. The summed E-state index contributed by atoms with van der Waals surface area (Å²) in [5, 5.41) is 3.31. The van der Waals surface area contributed by atoms with Crippen molar-refractivity contribution in [2.24, 2.45) is 5.73 Å². The summed E-state index contributed by atoms with van der Waals surface area (Å²) in [6.45, 7) is 0.180. The second-order valence-electron chi connectivity index (χ2n) is 5.53. The van der Waals surface area contributed by atoms with Crippen LogP contribution in [0.2, 0.25) is 0 Å². The van der Waals surface area contributed by atoms with Crippen LogP contribution in [0.15, 0.2) is 18.2 Å². The average molecular weight is 304 g/mol. The van der Waals surface area contributed by atoms with Gasteiger partial charge in [0.25, 0.3) is 0 Å². The van der Waals surface area contributed by atoms with E-state index in [1.165, 1.54) is 12.5 Å². The zero-order valence-corrected chi connectivity index (χ0v) is 11.7. The van der Waals surface area contributed by atoms with Crippen LogP contribution in [0.1, 0.15) is 49.3 Å². The molecular formula is C15H20F4N2. The number of nitrogens with two attached hydrogens (primary N) is 1. The van der Waals surface area contributed by atoms with Crippen molar-refractivity contribution in [3.63, 3.8) is 0 Å². The highest BCUT2D eigenvalue weighted by atomic mass is 19.4. The van der Waals surface area contributed by atoms with Crippen LogP contribution in [0.3, 0.4) is 0 Å². The van der Waals surface area contributed by atoms with Gasteiger partial charge in [-0.25, -0.2) is 4.39 Å². The van der Waals surface area contributed by atoms with Crippen LogP contribution in [0.25, 0.3) is 0 Å². The number of nitrogens with one attached hydrogen (secondary N) is 1. The SMILES string of the molecule is NCC(NC1CCCCC1)c1ccc(F)c(C(F)(F)F)c1. The fourth-order valence-corrected chi connectivity index (χ4v) is 2.83. The Kier molecular flexibility index (Phi) is 5.22. The second kappa shape index (κ2) is 6.75. The van der Waals surface area contributed by atoms with Gasteiger partial charge in [0.15, 0.2) is 0 Å². The molecule has 0 radical (unpaired) electrons. The molecule has 1 aliphatic carbocycles. The van der Waals surface area contributed by atoms with Crippen LogP contribution in [0.5, 0.6) is 0 Å². The van der Waals surface area contributed by atoms with Crippen LogP contribution >= 0.6 is 0 Å². The lowest BCUT2D eigenvalue weighted by Crippen LogP contribution is -2.38. The first kappa shape index (κ1) is 16.2. The predicted octanol–water partition coefficient (Wildman–Crippen LogP) is 3.77. The van der Waals surface area contributed by atoms with Crippen molar-refractivity contribution < 1.29 is 17.6 Å². The molecular weight excluding hydrogens is 284 g/mol. The van der Waals surface area contributed by atoms with Crippen molar-refractivity contribution in [1.29, 1.82) is 0 Å². The number of rotatable bonds is 4. The van der Waals surface area contributed by atoms with E-state index in [0.29, 0.717) is 5.56 Å². The highest BCUT2D eigenvalue weighted by molar-refractivity contribution is 5.29. The molecule has 0 aliphatic heterocycles. The standard InChI is InChI=1S/C15H20F4N2/c16-13-7-6-10(8-12(13)15(17,18)19)14(9-20)21-11-4-2-1-3-5-11/h6-8,11,14,21H,1-5,9,20H2. The molecule has 0 heterocycles. The van der Waals surface area contributed by atoms with Gasteiger partial charge in [-0.05, 0) is 30.5 Å². The summed E-state index contributed by atoms with van der Waals surface area (Å²) in [6.07, 6.45) is 0.746. The smallest absolute Gasteiger partial charge is 0.329 e. The molecule has 118 valence electrons. The van der Waals surface area contributed by atoms with Crippen LogP contribution < -0.4 is 11.1 Å². The van der Waals surface area contributed by atoms with Gasteiger partial charge in [-0.1, -0.05) is 25.3 Å². The van der Waals surface area contributed by atoms with Gasteiger partial charge >= 0.3 is 6.18 Å². The molecule has 1 atom stereocenters. The van der Waals surface area contributed by atoms with E-state index in [0.717, 1.165) is 37.8 Å². The van der Waals surface area contributed by atoms with Gasteiger partial charge in [-0.15, -0.1) is 0 Å². The van der Waals surface area contributed by atoms with Gasteiger partial charge in [0.05, 0.1) is 5.56 Å². The second-order valence-corrected chi connectivity index (χ2v) is 5.53. The van der Waals surface area contributed by atoms with Crippen molar-refractivity contribution in [3.8, 4) is 0 Å². The molecule has 0 aromatic heterocycles. The molecule has 0 saturated heterocycles. The Hall–Kier alpha value is -1.14. The van der Waals surface area contributed by atoms with Gasteiger partial charge in [0, 0.05) is 18.6 Å². The van der Waals surface area contributed by atoms with Gasteiger partial charge in [-0.3, -0.25) is 0 Å². The lowest BCUT2D eigenvalue weighted by atomic mass is 9.93. The minimum Gasteiger partial charge on any atom is -0.329 e. The Bertz CT molecular complexity index is 467.